The molecule has 1 unspecified atom stereocenters. The lowest BCUT2D eigenvalue weighted by Gasteiger charge is -2.32. The maximum absolute atomic E-state index is 11.2. The summed E-state index contributed by atoms with van der Waals surface area (Å²) in [7, 11) is 0. The van der Waals surface area contributed by atoms with Crippen LogP contribution in [-0.4, -0.2) is 12.1 Å². The van der Waals surface area contributed by atoms with Crippen LogP contribution >= 0.6 is 0 Å². The monoisotopic (exact) mass is 170 g/mol. The maximum Gasteiger partial charge on any atom is 0.308 e. The number of esters is 1. The van der Waals surface area contributed by atoms with Crippen molar-refractivity contribution in [2.24, 2.45) is 11.8 Å². The molecule has 1 rings (SSSR count). The second-order valence-corrected chi connectivity index (χ2v) is 3.69. The third kappa shape index (κ3) is 1.79. The summed E-state index contributed by atoms with van der Waals surface area (Å²) in [5, 5.41) is 0. The van der Waals surface area contributed by atoms with Crippen molar-refractivity contribution >= 4 is 5.97 Å². The molecule has 1 aliphatic heterocycles. The maximum atomic E-state index is 11.2. The van der Waals surface area contributed by atoms with E-state index in [9.17, 15) is 4.79 Å². The van der Waals surface area contributed by atoms with Gasteiger partial charge in [0, 0.05) is 0 Å². The van der Waals surface area contributed by atoms with Gasteiger partial charge < -0.3 is 4.74 Å². The molecule has 1 saturated heterocycles. The van der Waals surface area contributed by atoms with Gasteiger partial charge in [0.05, 0.1) is 5.92 Å². The number of carbonyl (C=O) groups is 1. The SMILES string of the molecule is CC[C@H]1CC(C)C(=O)O[C@H]1CC. The normalized spacial score (nSPS) is 36.2. The van der Waals surface area contributed by atoms with E-state index in [1.807, 2.05) is 6.92 Å². The lowest BCUT2D eigenvalue weighted by molar-refractivity contribution is -0.165. The van der Waals surface area contributed by atoms with Gasteiger partial charge in [0.15, 0.2) is 0 Å². The molecule has 0 aliphatic carbocycles. The summed E-state index contributed by atoms with van der Waals surface area (Å²) in [6, 6.07) is 0. The lowest BCUT2D eigenvalue weighted by Crippen LogP contribution is -2.36. The Morgan fingerprint density at radius 1 is 1.42 bits per heavy atom. The lowest BCUT2D eigenvalue weighted by atomic mass is 9.85. The van der Waals surface area contributed by atoms with Crippen molar-refractivity contribution in [2.75, 3.05) is 0 Å². The van der Waals surface area contributed by atoms with E-state index in [-0.39, 0.29) is 18.0 Å². The highest BCUT2D eigenvalue weighted by atomic mass is 16.5. The Bertz CT molecular complexity index is 165. The number of carbonyl (C=O) groups excluding carboxylic acids is 1. The van der Waals surface area contributed by atoms with Crippen LogP contribution in [0, 0.1) is 11.8 Å². The standard InChI is InChI=1S/C10H18O2/c1-4-8-6-7(3)10(11)12-9(8)5-2/h7-9H,4-6H2,1-3H3/t7?,8-,9-/m0/s1. The zero-order valence-corrected chi connectivity index (χ0v) is 8.17. The molecule has 70 valence electrons. The number of ether oxygens (including phenoxy) is 1. The number of cyclic esters (lactones) is 1. The average molecular weight is 170 g/mol. The first-order valence-corrected chi connectivity index (χ1v) is 4.89. The Morgan fingerprint density at radius 3 is 2.58 bits per heavy atom. The van der Waals surface area contributed by atoms with Crippen LogP contribution in [0.1, 0.15) is 40.0 Å². The molecular formula is C10H18O2. The van der Waals surface area contributed by atoms with Crippen LogP contribution in [0.4, 0.5) is 0 Å². The second-order valence-electron chi connectivity index (χ2n) is 3.69. The quantitative estimate of drug-likeness (QED) is 0.595. The summed E-state index contributed by atoms with van der Waals surface area (Å²) in [4.78, 5) is 11.2. The van der Waals surface area contributed by atoms with Crippen LogP contribution < -0.4 is 0 Å². The van der Waals surface area contributed by atoms with Crippen molar-refractivity contribution in [3.05, 3.63) is 0 Å². The van der Waals surface area contributed by atoms with Gasteiger partial charge in [0.1, 0.15) is 6.10 Å². The molecule has 0 radical (unpaired) electrons. The van der Waals surface area contributed by atoms with Gasteiger partial charge in [-0.1, -0.05) is 20.8 Å². The Labute approximate surface area is 74.3 Å². The van der Waals surface area contributed by atoms with E-state index in [0.717, 1.165) is 19.3 Å². The van der Waals surface area contributed by atoms with Gasteiger partial charge in [-0.05, 0) is 25.2 Å². The molecule has 0 N–H and O–H groups in total. The molecule has 0 spiro atoms. The molecule has 0 saturated carbocycles. The highest BCUT2D eigenvalue weighted by Crippen LogP contribution is 2.29. The van der Waals surface area contributed by atoms with E-state index in [1.54, 1.807) is 0 Å². The smallest absolute Gasteiger partial charge is 0.308 e. The third-order valence-electron chi connectivity index (χ3n) is 2.78. The van der Waals surface area contributed by atoms with Crippen LogP contribution in [-0.2, 0) is 9.53 Å². The van der Waals surface area contributed by atoms with E-state index in [1.165, 1.54) is 0 Å². The van der Waals surface area contributed by atoms with Gasteiger partial charge in [-0.25, -0.2) is 0 Å². The molecule has 0 aromatic rings. The molecule has 12 heavy (non-hydrogen) atoms. The van der Waals surface area contributed by atoms with E-state index < -0.39 is 0 Å². The fourth-order valence-electron chi connectivity index (χ4n) is 1.91. The van der Waals surface area contributed by atoms with Gasteiger partial charge in [-0.15, -0.1) is 0 Å². The first-order chi connectivity index (χ1) is 5.69. The zero-order valence-electron chi connectivity index (χ0n) is 8.17. The van der Waals surface area contributed by atoms with Crippen LogP contribution in [0.5, 0.6) is 0 Å². The number of rotatable bonds is 2. The topological polar surface area (TPSA) is 26.3 Å². The molecule has 0 aromatic heterocycles. The minimum atomic E-state index is -0.00782. The molecule has 0 bridgehead atoms. The first kappa shape index (κ1) is 9.56. The molecule has 2 heteroatoms. The first-order valence-electron chi connectivity index (χ1n) is 4.89. The number of hydrogen-bond donors (Lipinski definition) is 0. The van der Waals surface area contributed by atoms with Crippen molar-refractivity contribution in [2.45, 2.75) is 46.1 Å². The summed E-state index contributed by atoms with van der Waals surface area (Å²) in [6.45, 7) is 6.20. The number of hydrogen-bond acceptors (Lipinski definition) is 2. The highest BCUT2D eigenvalue weighted by molar-refractivity contribution is 5.72. The Morgan fingerprint density at radius 2 is 2.08 bits per heavy atom. The molecule has 2 nitrogen and oxygen atoms in total. The fourth-order valence-corrected chi connectivity index (χ4v) is 1.91. The van der Waals surface area contributed by atoms with Crippen LogP contribution in [0.25, 0.3) is 0 Å². The zero-order chi connectivity index (χ0) is 9.14. The summed E-state index contributed by atoms with van der Waals surface area (Å²) in [5.41, 5.74) is 0. The minimum absolute atomic E-state index is 0.00782. The van der Waals surface area contributed by atoms with E-state index in [2.05, 4.69) is 13.8 Å². The molecular weight excluding hydrogens is 152 g/mol. The second kappa shape index (κ2) is 3.92. The van der Waals surface area contributed by atoms with Gasteiger partial charge in [-0.3, -0.25) is 4.79 Å². The average Bonchev–Trinajstić information content (AvgIpc) is 2.09. The largest absolute Gasteiger partial charge is 0.462 e. The molecule has 3 atom stereocenters. The van der Waals surface area contributed by atoms with Crippen LogP contribution in [0.15, 0.2) is 0 Å². The summed E-state index contributed by atoms with van der Waals surface area (Å²) in [6.07, 6.45) is 3.26. The highest BCUT2D eigenvalue weighted by Gasteiger charge is 2.32. The summed E-state index contributed by atoms with van der Waals surface area (Å²) in [5.74, 6) is 0.687. The van der Waals surface area contributed by atoms with Crippen molar-refractivity contribution in [1.29, 1.82) is 0 Å². The Hall–Kier alpha value is -0.530. The molecule has 1 heterocycles. The minimum Gasteiger partial charge on any atom is -0.462 e. The van der Waals surface area contributed by atoms with Crippen LogP contribution in [0.2, 0.25) is 0 Å². The van der Waals surface area contributed by atoms with Gasteiger partial charge in [-0.2, -0.15) is 0 Å². The fraction of sp³-hybridized carbons (Fsp3) is 0.900. The molecule has 0 aromatic carbocycles. The van der Waals surface area contributed by atoms with Crippen molar-refractivity contribution < 1.29 is 9.53 Å². The Kier molecular flexibility index (Phi) is 3.12. The van der Waals surface area contributed by atoms with E-state index in [4.69, 9.17) is 4.74 Å². The van der Waals surface area contributed by atoms with Crippen molar-refractivity contribution in [3.8, 4) is 0 Å². The summed E-state index contributed by atoms with van der Waals surface area (Å²) < 4.78 is 5.31. The van der Waals surface area contributed by atoms with Crippen molar-refractivity contribution in [1.82, 2.24) is 0 Å². The Balaban J connectivity index is 2.58. The molecule has 1 fully saturated rings. The van der Waals surface area contributed by atoms with E-state index >= 15 is 0 Å². The van der Waals surface area contributed by atoms with Gasteiger partial charge in [0.2, 0.25) is 0 Å². The van der Waals surface area contributed by atoms with Crippen LogP contribution in [0.3, 0.4) is 0 Å². The van der Waals surface area contributed by atoms with E-state index in [0.29, 0.717) is 5.92 Å². The molecule has 0 amide bonds. The summed E-state index contributed by atoms with van der Waals surface area (Å²) >= 11 is 0. The van der Waals surface area contributed by atoms with Gasteiger partial charge in [0.25, 0.3) is 0 Å². The third-order valence-corrected chi connectivity index (χ3v) is 2.78. The predicted octanol–water partition coefficient (Wildman–Crippen LogP) is 2.37. The molecule has 1 aliphatic rings. The van der Waals surface area contributed by atoms with Crippen molar-refractivity contribution in [3.63, 3.8) is 0 Å². The van der Waals surface area contributed by atoms with Gasteiger partial charge >= 0.3 is 5.97 Å². The predicted molar refractivity (Wildman–Crippen MR) is 47.7 cm³/mol.